The lowest BCUT2D eigenvalue weighted by Crippen LogP contribution is -2.38. The van der Waals surface area contributed by atoms with Gasteiger partial charge < -0.3 is 15.4 Å². The van der Waals surface area contributed by atoms with Crippen molar-refractivity contribution in [2.75, 3.05) is 52.5 Å². The number of ether oxygens (including phenoxy) is 1. The first-order valence-electron chi connectivity index (χ1n) is 9.33. The smallest absolute Gasteiger partial charge is 0.191 e. The molecule has 0 atom stereocenters. The van der Waals surface area contributed by atoms with Crippen LogP contribution in [0.3, 0.4) is 0 Å². The fourth-order valence-electron chi connectivity index (χ4n) is 2.64. The predicted octanol–water partition coefficient (Wildman–Crippen LogP) is 2.48. The quantitative estimate of drug-likeness (QED) is 0.388. The molecule has 1 heterocycles. The molecule has 0 radical (unpaired) electrons. The zero-order valence-electron chi connectivity index (χ0n) is 15.8. The van der Waals surface area contributed by atoms with Gasteiger partial charge in [0, 0.05) is 39.3 Å². The molecule has 0 aromatic carbocycles. The average Bonchev–Trinajstić information content (AvgIpc) is 2.51. The van der Waals surface area contributed by atoms with Gasteiger partial charge in [-0.25, -0.2) is 0 Å². The van der Waals surface area contributed by atoms with Crippen molar-refractivity contribution in [2.24, 2.45) is 10.4 Å². The van der Waals surface area contributed by atoms with Crippen molar-refractivity contribution in [3.8, 4) is 0 Å². The summed E-state index contributed by atoms with van der Waals surface area (Å²) >= 11 is 0. The first-order valence-corrected chi connectivity index (χ1v) is 9.33. The zero-order chi connectivity index (χ0) is 17.0. The van der Waals surface area contributed by atoms with Gasteiger partial charge in [0.05, 0.1) is 13.2 Å². The number of rotatable bonds is 9. The third-order valence-electron chi connectivity index (χ3n) is 4.00. The van der Waals surface area contributed by atoms with Crippen LogP contribution in [0.1, 0.15) is 53.4 Å². The second kappa shape index (κ2) is 11.7. The third-order valence-corrected chi connectivity index (χ3v) is 4.00. The van der Waals surface area contributed by atoms with E-state index in [1.54, 1.807) is 0 Å². The molecule has 0 aliphatic carbocycles. The highest BCUT2D eigenvalue weighted by Gasteiger charge is 2.10. The van der Waals surface area contributed by atoms with Gasteiger partial charge >= 0.3 is 0 Å². The number of hydrogen-bond acceptors (Lipinski definition) is 3. The summed E-state index contributed by atoms with van der Waals surface area (Å²) in [6.45, 7) is 16.8. The summed E-state index contributed by atoms with van der Waals surface area (Å²) in [5.74, 6) is 0.963. The van der Waals surface area contributed by atoms with Crippen LogP contribution in [0, 0.1) is 5.41 Å². The minimum atomic E-state index is 0.443. The summed E-state index contributed by atoms with van der Waals surface area (Å²) in [6, 6.07) is 0. The molecule has 0 aromatic heterocycles. The van der Waals surface area contributed by atoms with E-state index in [0.29, 0.717) is 5.41 Å². The van der Waals surface area contributed by atoms with Gasteiger partial charge in [-0.3, -0.25) is 9.89 Å². The van der Waals surface area contributed by atoms with Gasteiger partial charge in [-0.2, -0.15) is 0 Å². The number of guanidine groups is 1. The normalized spacial score (nSPS) is 17.3. The monoisotopic (exact) mass is 326 g/mol. The molecule has 1 aliphatic rings. The Hall–Kier alpha value is -0.810. The van der Waals surface area contributed by atoms with E-state index in [-0.39, 0.29) is 0 Å². The van der Waals surface area contributed by atoms with E-state index in [9.17, 15) is 0 Å². The summed E-state index contributed by atoms with van der Waals surface area (Å²) in [5.41, 5.74) is 0.443. The average molecular weight is 327 g/mol. The molecule has 23 heavy (non-hydrogen) atoms. The maximum atomic E-state index is 5.37. The van der Waals surface area contributed by atoms with Crippen molar-refractivity contribution in [1.29, 1.82) is 0 Å². The van der Waals surface area contributed by atoms with Crippen molar-refractivity contribution in [3.63, 3.8) is 0 Å². The van der Waals surface area contributed by atoms with Crippen LogP contribution in [0.2, 0.25) is 0 Å². The first kappa shape index (κ1) is 20.2. The van der Waals surface area contributed by atoms with Gasteiger partial charge in [0.25, 0.3) is 0 Å². The SMILES string of the molecule is CCNC(=NCCCN1CCOCC1)NCCCCC(C)(C)C. The second-order valence-electron chi connectivity index (χ2n) is 7.51. The van der Waals surface area contributed by atoms with Gasteiger partial charge in [-0.1, -0.05) is 27.2 Å². The summed E-state index contributed by atoms with van der Waals surface area (Å²) in [6.07, 6.45) is 4.87. The van der Waals surface area contributed by atoms with Crippen LogP contribution in [0.15, 0.2) is 4.99 Å². The van der Waals surface area contributed by atoms with Crippen molar-refractivity contribution in [2.45, 2.75) is 53.4 Å². The highest BCUT2D eigenvalue weighted by molar-refractivity contribution is 5.79. The fourth-order valence-corrected chi connectivity index (χ4v) is 2.64. The molecule has 1 aliphatic heterocycles. The maximum Gasteiger partial charge on any atom is 0.191 e. The van der Waals surface area contributed by atoms with E-state index < -0.39 is 0 Å². The highest BCUT2D eigenvalue weighted by atomic mass is 16.5. The number of aliphatic imine (C=N–C) groups is 1. The number of hydrogen-bond donors (Lipinski definition) is 2. The van der Waals surface area contributed by atoms with Crippen molar-refractivity contribution in [1.82, 2.24) is 15.5 Å². The lowest BCUT2D eigenvalue weighted by molar-refractivity contribution is 0.0377. The molecule has 0 spiro atoms. The van der Waals surface area contributed by atoms with Crippen LogP contribution >= 0.6 is 0 Å². The Morgan fingerprint density at radius 2 is 1.83 bits per heavy atom. The molecule has 2 N–H and O–H groups in total. The Labute approximate surface area is 143 Å². The van der Waals surface area contributed by atoms with E-state index in [4.69, 9.17) is 4.74 Å². The molecular formula is C18H38N4O. The summed E-state index contributed by atoms with van der Waals surface area (Å²) in [4.78, 5) is 7.14. The molecule has 136 valence electrons. The van der Waals surface area contributed by atoms with Crippen molar-refractivity contribution < 1.29 is 4.74 Å². The number of nitrogens with zero attached hydrogens (tertiary/aromatic N) is 2. The molecule has 0 amide bonds. The molecule has 1 rings (SSSR count). The molecular weight excluding hydrogens is 288 g/mol. The van der Waals surface area contributed by atoms with Crippen LogP contribution in [-0.4, -0.2) is 63.3 Å². The third kappa shape index (κ3) is 11.4. The Balaban J connectivity index is 2.13. The topological polar surface area (TPSA) is 48.9 Å². The first-order chi connectivity index (χ1) is 11.0. The molecule has 0 saturated carbocycles. The Morgan fingerprint density at radius 3 is 2.48 bits per heavy atom. The maximum absolute atomic E-state index is 5.37. The van der Waals surface area contributed by atoms with Crippen LogP contribution < -0.4 is 10.6 Å². The zero-order valence-corrected chi connectivity index (χ0v) is 15.8. The summed E-state index contributed by atoms with van der Waals surface area (Å²) in [7, 11) is 0. The van der Waals surface area contributed by atoms with Crippen molar-refractivity contribution in [3.05, 3.63) is 0 Å². The predicted molar refractivity (Wildman–Crippen MR) is 99.2 cm³/mol. The number of unbranched alkanes of at least 4 members (excludes halogenated alkanes) is 1. The molecule has 0 bridgehead atoms. The van der Waals surface area contributed by atoms with E-state index in [1.165, 1.54) is 19.3 Å². The minimum Gasteiger partial charge on any atom is -0.379 e. The van der Waals surface area contributed by atoms with Gasteiger partial charge in [0.1, 0.15) is 0 Å². The van der Waals surface area contributed by atoms with Gasteiger partial charge in [-0.05, 0) is 31.6 Å². The van der Waals surface area contributed by atoms with Crippen LogP contribution in [-0.2, 0) is 4.74 Å². The van der Waals surface area contributed by atoms with Crippen LogP contribution in [0.25, 0.3) is 0 Å². The van der Waals surface area contributed by atoms with E-state index >= 15 is 0 Å². The molecule has 5 heteroatoms. The Morgan fingerprint density at radius 1 is 1.09 bits per heavy atom. The Kier molecular flexibility index (Phi) is 10.3. The summed E-state index contributed by atoms with van der Waals surface area (Å²) < 4.78 is 5.37. The van der Waals surface area contributed by atoms with E-state index in [2.05, 4.69) is 48.2 Å². The molecule has 0 unspecified atom stereocenters. The van der Waals surface area contributed by atoms with Gasteiger partial charge in [0.2, 0.25) is 0 Å². The van der Waals surface area contributed by atoms with Gasteiger partial charge in [0.15, 0.2) is 5.96 Å². The number of nitrogens with one attached hydrogen (secondary N) is 2. The number of morpholine rings is 1. The lowest BCUT2D eigenvalue weighted by atomic mass is 9.90. The lowest BCUT2D eigenvalue weighted by Gasteiger charge is -2.26. The molecule has 1 saturated heterocycles. The molecule has 5 nitrogen and oxygen atoms in total. The second-order valence-corrected chi connectivity index (χ2v) is 7.51. The molecule has 1 fully saturated rings. The standard InChI is InChI=1S/C18H38N4O/c1-5-19-17(20-10-7-6-9-18(2,3)4)21-11-8-12-22-13-15-23-16-14-22/h5-16H2,1-4H3,(H2,19,20,21). The van der Waals surface area contributed by atoms with E-state index in [1.807, 2.05) is 0 Å². The molecule has 0 aromatic rings. The Bertz CT molecular complexity index is 319. The minimum absolute atomic E-state index is 0.443. The van der Waals surface area contributed by atoms with Crippen LogP contribution in [0.5, 0.6) is 0 Å². The largest absolute Gasteiger partial charge is 0.379 e. The van der Waals surface area contributed by atoms with Crippen molar-refractivity contribution >= 4 is 5.96 Å². The van der Waals surface area contributed by atoms with E-state index in [0.717, 1.165) is 64.9 Å². The van der Waals surface area contributed by atoms with Crippen LogP contribution in [0.4, 0.5) is 0 Å². The van der Waals surface area contributed by atoms with Gasteiger partial charge in [-0.15, -0.1) is 0 Å². The highest BCUT2D eigenvalue weighted by Crippen LogP contribution is 2.21. The summed E-state index contributed by atoms with van der Waals surface area (Å²) in [5, 5.41) is 6.78. The fraction of sp³-hybridized carbons (Fsp3) is 0.944.